The van der Waals surface area contributed by atoms with Crippen LogP contribution in [0.2, 0.25) is 0 Å². The van der Waals surface area contributed by atoms with Crippen LogP contribution < -0.4 is 5.32 Å². The summed E-state index contributed by atoms with van der Waals surface area (Å²) in [4.78, 5) is 29.9. The smallest absolute Gasteiger partial charge is 0.345 e. The van der Waals surface area contributed by atoms with Gasteiger partial charge < -0.3 is 5.32 Å². The lowest BCUT2D eigenvalue weighted by atomic mass is 9.84. The van der Waals surface area contributed by atoms with Crippen molar-refractivity contribution >= 4 is 27.2 Å². The van der Waals surface area contributed by atoms with Crippen molar-refractivity contribution < 1.29 is 35.6 Å². The Morgan fingerprint density at radius 2 is 1.78 bits per heavy atom. The largest absolute Gasteiger partial charge is 0.416 e. The molecule has 2 atom stereocenters. The summed E-state index contributed by atoms with van der Waals surface area (Å²) in [5, 5.41) is 2.65. The first-order valence-corrected chi connectivity index (χ1v) is 12.8. The Balaban J connectivity index is 1.91. The minimum absolute atomic E-state index is 0.0494. The number of Topliss-reactive ketones (excluding diaryl/α,β-unsaturated/α-hetero) is 1. The van der Waals surface area contributed by atoms with Gasteiger partial charge in [-0.25, -0.2) is 12.8 Å². The molecule has 0 spiro atoms. The summed E-state index contributed by atoms with van der Waals surface area (Å²) in [7, 11) is -3.80. The molecule has 192 valence electrons. The lowest BCUT2D eigenvalue weighted by molar-refractivity contribution is -0.137. The van der Waals surface area contributed by atoms with E-state index in [0.29, 0.717) is 0 Å². The van der Waals surface area contributed by atoms with Crippen LogP contribution in [0.25, 0.3) is 0 Å². The summed E-state index contributed by atoms with van der Waals surface area (Å²) in [6.45, 7) is 4.95. The molecule has 0 aliphatic carbocycles. The molecule has 1 N–H and O–H groups in total. The first-order chi connectivity index (χ1) is 16.6. The number of nitrogens with zero attached hydrogens (tertiary/aromatic N) is 1. The molecular formula is C25H24F4N2O4S. The number of ketones is 1. The van der Waals surface area contributed by atoms with Crippen molar-refractivity contribution in [1.82, 2.24) is 5.32 Å². The summed E-state index contributed by atoms with van der Waals surface area (Å²) in [5.74, 6) is -4.00. The number of sulfone groups is 1. The fourth-order valence-electron chi connectivity index (χ4n) is 3.97. The maximum atomic E-state index is 14.5. The number of benzene rings is 2. The van der Waals surface area contributed by atoms with E-state index in [9.17, 15) is 35.6 Å². The minimum Gasteiger partial charge on any atom is -0.345 e. The molecule has 3 rings (SSSR count). The fourth-order valence-corrected chi connectivity index (χ4v) is 4.70. The molecule has 1 aliphatic rings. The quantitative estimate of drug-likeness (QED) is 0.435. The monoisotopic (exact) mass is 524 g/mol. The molecule has 0 saturated heterocycles. The normalized spacial score (nSPS) is 17.5. The molecule has 0 bridgehead atoms. The number of carbonyl (C=O) groups excluding carboxylic acids is 2. The van der Waals surface area contributed by atoms with Gasteiger partial charge in [-0.05, 0) is 42.2 Å². The highest BCUT2D eigenvalue weighted by molar-refractivity contribution is 7.90. The lowest BCUT2D eigenvalue weighted by Crippen LogP contribution is -2.37. The van der Waals surface area contributed by atoms with E-state index in [1.165, 1.54) is 25.1 Å². The average Bonchev–Trinajstić information content (AvgIpc) is 2.76. The third-order valence-electron chi connectivity index (χ3n) is 5.80. The lowest BCUT2D eigenvalue weighted by Gasteiger charge is -2.26. The SMILES string of the molecule is CC1=NC=C(C(=O)NC(c2ccc(S(C)(=O)=O)c(F)c2)C(C)C)C(=O)C1c1cccc(C(F)(F)F)c1. The summed E-state index contributed by atoms with van der Waals surface area (Å²) >= 11 is 0. The zero-order valence-electron chi connectivity index (χ0n) is 19.9. The Labute approximate surface area is 206 Å². The highest BCUT2D eigenvalue weighted by Crippen LogP contribution is 2.34. The van der Waals surface area contributed by atoms with E-state index >= 15 is 0 Å². The van der Waals surface area contributed by atoms with Crippen molar-refractivity contribution in [2.75, 3.05) is 6.26 Å². The topological polar surface area (TPSA) is 92.7 Å². The van der Waals surface area contributed by atoms with Gasteiger partial charge in [-0.2, -0.15) is 13.2 Å². The van der Waals surface area contributed by atoms with E-state index in [4.69, 9.17) is 0 Å². The predicted octanol–water partition coefficient (Wildman–Crippen LogP) is 4.77. The summed E-state index contributed by atoms with van der Waals surface area (Å²) in [6.07, 6.45) is -2.68. The summed E-state index contributed by atoms with van der Waals surface area (Å²) < 4.78 is 77.4. The molecule has 1 heterocycles. The third kappa shape index (κ3) is 5.72. The van der Waals surface area contributed by atoms with Crippen LogP contribution in [-0.2, 0) is 25.6 Å². The second kappa shape index (κ2) is 9.96. The molecule has 1 amide bonds. The second-order valence-electron chi connectivity index (χ2n) is 8.89. The minimum atomic E-state index is -4.61. The van der Waals surface area contributed by atoms with Crippen LogP contribution in [0.3, 0.4) is 0 Å². The van der Waals surface area contributed by atoms with Crippen molar-refractivity contribution in [2.45, 2.75) is 43.8 Å². The number of carbonyl (C=O) groups is 2. The van der Waals surface area contributed by atoms with E-state index in [-0.39, 0.29) is 28.3 Å². The van der Waals surface area contributed by atoms with Gasteiger partial charge in [0.05, 0.1) is 17.5 Å². The number of aliphatic imine (C=N–C) groups is 1. The van der Waals surface area contributed by atoms with Crippen LogP contribution in [0.5, 0.6) is 0 Å². The maximum Gasteiger partial charge on any atom is 0.416 e. The van der Waals surface area contributed by atoms with Crippen LogP contribution in [0.4, 0.5) is 17.6 Å². The standard InChI is InChI=1S/C25H24F4N2O4S/c1-13(2)22(16-8-9-20(19(26)11-16)36(4,34)35)31-24(33)18-12-30-14(3)21(23(18)32)15-6-5-7-17(10-15)25(27,28)29/h5-13,21-22H,1-4H3,(H,31,33). The molecule has 1 aliphatic heterocycles. The first kappa shape index (κ1) is 27.3. The number of amides is 1. The van der Waals surface area contributed by atoms with Crippen LogP contribution in [0.1, 0.15) is 49.4 Å². The van der Waals surface area contributed by atoms with Crippen molar-refractivity contribution in [2.24, 2.45) is 10.9 Å². The number of alkyl halides is 3. The van der Waals surface area contributed by atoms with E-state index < -0.39 is 55.9 Å². The summed E-state index contributed by atoms with van der Waals surface area (Å²) in [5.41, 5.74) is -0.730. The van der Waals surface area contributed by atoms with Gasteiger partial charge in [-0.1, -0.05) is 38.1 Å². The molecule has 36 heavy (non-hydrogen) atoms. The maximum absolute atomic E-state index is 14.5. The van der Waals surface area contributed by atoms with Gasteiger partial charge in [0.15, 0.2) is 15.6 Å². The van der Waals surface area contributed by atoms with Gasteiger partial charge in [0, 0.05) is 18.2 Å². The molecule has 0 aromatic heterocycles. The molecule has 11 heteroatoms. The predicted molar refractivity (Wildman–Crippen MR) is 126 cm³/mol. The number of nitrogens with one attached hydrogen (secondary N) is 1. The highest BCUT2D eigenvalue weighted by atomic mass is 32.2. The molecule has 0 saturated carbocycles. The van der Waals surface area contributed by atoms with Gasteiger partial charge in [0.2, 0.25) is 0 Å². The number of rotatable bonds is 6. The van der Waals surface area contributed by atoms with E-state index in [1.807, 2.05) is 0 Å². The van der Waals surface area contributed by atoms with Gasteiger partial charge in [0.25, 0.3) is 5.91 Å². The van der Waals surface area contributed by atoms with Crippen LogP contribution in [0, 0.1) is 11.7 Å². The van der Waals surface area contributed by atoms with E-state index in [1.54, 1.807) is 13.8 Å². The average molecular weight is 525 g/mol. The highest BCUT2D eigenvalue weighted by Gasteiger charge is 2.36. The number of hydrogen-bond donors (Lipinski definition) is 1. The zero-order valence-corrected chi connectivity index (χ0v) is 20.7. The van der Waals surface area contributed by atoms with E-state index in [0.717, 1.165) is 36.7 Å². The van der Waals surface area contributed by atoms with E-state index in [2.05, 4.69) is 10.3 Å². The molecule has 0 radical (unpaired) electrons. The van der Waals surface area contributed by atoms with Crippen LogP contribution in [0.15, 0.2) is 64.1 Å². The van der Waals surface area contributed by atoms with Crippen molar-refractivity contribution in [1.29, 1.82) is 0 Å². The molecule has 6 nitrogen and oxygen atoms in total. The molecule has 2 aromatic rings. The molecular weight excluding hydrogens is 500 g/mol. The Kier molecular flexibility index (Phi) is 7.54. The number of hydrogen-bond acceptors (Lipinski definition) is 5. The summed E-state index contributed by atoms with van der Waals surface area (Å²) in [6, 6.07) is 6.96. The van der Waals surface area contributed by atoms with Gasteiger partial charge in [-0.3, -0.25) is 14.6 Å². The molecule has 0 fully saturated rings. The first-order valence-electron chi connectivity index (χ1n) is 10.9. The Bertz CT molecular complexity index is 1380. The van der Waals surface area contributed by atoms with Gasteiger partial charge in [-0.15, -0.1) is 0 Å². The third-order valence-corrected chi connectivity index (χ3v) is 6.93. The Morgan fingerprint density at radius 3 is 2.33 bits per heavy atom. The Hall–Kier alpha value is -3.34. The van der Waals surface area contributed by atoms with Crippen molar-refractivity contribution in [3.63, 3.8) is 0 Å². The molecule has 2 aromatic carbocycles. The van der Waals surface area contributed by atoms with Crippen molar-refractivity contribution in [3.05, 3.63) is 76.7 Å². The number of halogens is 4. The van der Waals surface area contributed by atoms with Crippen molar-refractivity contribution in [3.8, 4) is 0 Å². The second-order valence-corrected chi connectivity index (χ2v) is 10.9. The zero-order chi connectivity index (χ0) is 27.0. The van der Waals surface area contributed by atoms with Crippen LogP contribution in [-0.4, -0.2) is 32.1 Å². The van der Waals surface area contributed by atoms with Gasteiger partial charge in [0.1, 0.15) is 16.3 Å². The molecule has 2 unspecified atom stereocenters. The van der Waals surface area contributed by atoms with Crippen LogP contribution >= 0.6 is 0 Å². The fraction of sp³-hybridized carbons (Fsp3) is 0.320. The Morgan fingerprint density at radius 1 is 1.11 bits per heavy atom. The van der Waals surface area contributed by atoms with Gasteiger partial charge >= 0.3 is 6.18 Å².